The lowest BCUT2D eigenvalue weighted by atomic mass is 10.2. The summed E-state index contributed by atoms with van der Waals surface area (Å²) in [6.45, 7) is 6.10. The molecule has 0 radical (unpaired) electrons. The number of nitrogens with zero attached hydrogens (tertiary/aromatic N) is 5. The number of aryl methyl sites for hydroxylation is 2. The second-order valence-electron chi connectivity index (χ2n) is 7.28. The highest BCUT2D eigenvalue weighted by Gasteiger charge is 2.25. The van der Waals surface area contributed by atoms with Crippen molar-refractivity contribution in [2.24, 2.45) is 0 Å². The van der Waals surface area contributed by atoms with Crippen LogP contribution in [0.4, 0.5) is 21.7 Å². The number of amides is 1. The Labute approximate surface area is 174 Å². The number of benzene rings is 1. The summed E-state index contributed by atoms with van der Waals surface area (Å²) in [6.07, 6.45) is 2.49. The summed E-state index contributed by atoms with van der Waals surface area (Å²) in [5.74, 6) is 1.29. The first-order valence-electron chi connectivity index (χ1n) is 9.83. The highest BCUT2D eigenvalue weighted by Crippen LogP contribution is 2.22. The number of piperazine rings is 1. The van der Waals surface area contributed by atoms with Crippen molar-refractivity contribution in [1.29, 1.82) is 0 Å². The number of anilines is 3. The lowest BCUT2D eigenvalue weighted by molar-refractivity contribution is 0.0741. The van der Waals surface area contributed by atoms with Crippen molar-refractivity contribution < 1.29 is 9.18 Å². The first kappa shape index (κ1) is 19.8. The summed E-state index contributed by atoms with van der Waals surface area (Å²) in [7, 11) is 0. The average Bonchev–Trinajstić information content (AvgIpc) is 2.75. The summed E-state index contributed by atoms with van der Waals surface area (Å²) in [5.41, 5.74) is 2.21. The van der Waals surface area contributed by atoms with E-state index in [1.54, 1.807) is 4.90 Å². The van der Waals surface area contributed by atoms with E-state index in [0.29, 0.717) is 32.0 Å². The Balaban J connectivity index is 1.44. The van der Waals surface area contributed by atoms with E-state index >= 15 is 0 Å². The Bertz CT molecular complexity index is 1050. The van der Waals surface area contributed by atoms with Crippen molar-refractivity contribution in [2.45, 2.75) is 13.8 Å². The number of nitrogens with one attached hydrogen (secondary N) is 1. The molecule has 30 heavy (non-hydrogen) atoms. The quantitative estimate of drug-likeness (QED) is 0.716. The maximum atomic E-state index is 13.9. The van der Waals surface area contributed by atoms with E-state index in [1.165, 1.54) is 17.8 Å². The molecule has 8 heteroatoms. The first-order valence-corrected chi connectivity index (χ1v) is 9.83. The molecule has 1 aliphatic heterocycles. The van der Waals surface area contributed by atoms with E-state index in [1.807, 2.05) is 44.2 Å². The lowest BCUT2D eigenvalue weighted by Gasteiger charge is -2.35. The number of hydrogen-bond acceptors (Lipinski definition) is 6. The zero-order valence-corrected chi connectivity index (χ0v) is 17.0. The van der Waals surface area contributed by atoms with E-state index in [9.17, 15) is 9.18 Å². The lowest BCUT2D eigenvalue weighted by Crippen LogP contribution is -2.49. The van der Waals surface area contributed by atoms with Crippen molar-refractivity contribution in [3.8, 4) is 0 Å². The van der Waals surface area contributed by atoms with Crippen LogP contribution in [-0.4, -0.2) is 51.9 Å². The molecule has 1 aliphatic rings. The van der Waals surface area contributed by atoms with Gasteiger partial charge >= 0.3 is 0 Å². The van der Waals surface area contributed by atoms with Crippen LogP contribution in [0.1, 0.15) is 21.7 Å². The molecule has 2 aromatic heterocycles. The third kappa shape index (κ3) is 4.37. The molecule has 4 rings (SSSR count). The van der Waals surface area contributed by atoms with Crippen molar-refractivity contribution in [1.82, 2.24) is 19.9 Å². The van der Waals surface area contributed by atoms with Crippen LogP contribution in [0.25, 0.3) is 0 Å². The van der Waals surface area contributed by atoms with Gasteiger partial charge in [-0.2, -0.15) is 0 Å². The van der Waals surface area contributed by atoms with Crippen LogP contribution in [0.3, 0.4) is 0 Å². The SMILES string of the molecule is Cc1ccc(Nc2cc(N3CCN(C(=O)c4ccncc4F)CC3)nc(C)n2)cc1. The molecule has 1 amide bonds. The van der Waals surface area contributed by atoms with Gasteiger partial charge < -0.3 is 15.1 Å². The second-order valence-corrected chi connectivity index (χ2v) is 7.28. The van der Waals surface area contributed by atoms with Gasteiger partial charge in [-0.25, -0.2) is 14.4 Å². The Morgan fingerprint density at radius 3 is 2.47 bits per heavy atom. The van der Waals surface area contributed by atoms with Gasteiger partial charge in [0.25, 0.3) is 5.91 Å². The van der Waals surface area contributed by atoms with E-state index < -0.39 is 5.82 Å². The number of halogens is 1. The Morgan fingerprint density at radius 2 is 1.77 bits per heavy atom. The van der Waals surface area contributed by atoms with Crippen molar-refractivity contribution in [3.05, 3.63) is 71.6 Å². The molecular weight excluding hydrogens is 383 g/mol. The number of carbonyl (C=O) groups is 1. The zero-order valence-electron chi connectivity index (χ0n) is 17.0. The molecule has 0 aliphatic carbocycles. The fourth-order valence-electron chi connectivity index (χ4n) is 3.42. The van der Waals surface area contributed by atoms with Gasteiger partial charge in [-0.3, -0.25) is 9.78 Å². The molecule has 1 aromatic carbocycles. The van der Waals surface area contributed by atoms with Crippen LogP contribution in [0, 0.1) is 19.7 Å². The molecule has 1 fully saturated rings. The van der Waals surface area contributed by atoms with Crippen molar-refractivity contribution in [2.75, 3.05) is 36.4 Å². The number of hydrogen-bond donors (Lipinski definition) is 1. The fraction of sp³-hybridized carbons (Fsp3) is 0.273. The van der Waals surface area contributed by atoms with Gasteiger partial charge in [-0.1, -0.05) is 17.7 Å². The molecular formula is C22H23FN6O. The minimum atomic E-state index is -0.594. The van der Waals surface area contributed by atoms with Gasteiger partial charge in [0.1, 0.15) is 17.5 Å². The number of pyridine rings is 1. The highest BCUT2D eigenvalue weighted by molar-refractivity contribution is 5.94. The summed E-state index contributed by atoms with van der Waals surface area (Å²) in [6, 6.07) is 11.4. The van der Waals surface area contributed by atoms with E-state index in [2.05, 4.69) is 25.2 Å². The van der Waals surface area contributed by atoms with Gasteiger partial charge in [0, 0.05) is 44.1 Å². The third-order valence-electron chi connectivity index (χ3n) is 5.04. The van der Waals surface area contributed by atoms with Crippen LogP contribution < -0.4 is 10.2 Å². The molecule has 154 valence electrons. The van der Waals surface area contributed by atoms with Crippen LogP contribution >= 0.6 is 0 Å². The van der Waals surface area contributed by atoms with E-state index in [0.717, 1.165) is 23.5 Å². The van der Waals surface area contributed by atoms with Gasteiger partial charge in [0.2, 0.25) is 0 Å². The van der Waals surface area contributed by atoms with Crippen LogP contribution in [0.2, 0.25) is 0 Å². The molecule has 3 heterocycles. The van der Waals surface area contributed by atoms with E-state index in [4.69, 9.17) is 0 Å². The second kappa shape index (κ2) is 8.44. The predicted octanol–water partition coefficient (Wildman–Crippen LogP) is 3.33. The Kier molecular flexibility index (Phi) is 5.56. The van der Waals surface area contributed by atoms with Crippen LogP contribution in [0.5, 0.6) is 0 Å². The molecule has 0 unspecified atom stereocenters. The van der Waals surface area contributed by atoms with Gasteiger partial charge in [0.05, 0.1) is 11.8 Å². The van der Waals surface area contributed by atoms with Gasteiger partial charge in [-0.15, -0.1) is 0 Å². The average molecular weight is 406 g/mol. The van der Waals surface area contributed by atoms with Crippen LogP contribution in [0.15, 0.2) is 48.8 Å². The van der Waals surface area contributed by atoms with Gasteiger partial charge in [-0.05, 0) is 32.0 Å². The number of aromatic nitrogens is 3. The van der Waals surface area contributed by atoms with Crippen molar-refractivity contribution >= 4 is 23.2 Å². The first-order chi connectivity index (χ1) is 14.5. The highest BCUT2D eigenvalue weighted by atomic mass is 19.1. The number of rotatable bonds is 4. The minimum Gasteiger partial charge on any atom is -0.353 e. The Hall–Kier alpha value is -3.55. The smallest absolute Gasteiger partial charge is 0.257 e. The molecule has 0 spiro atoms. The maximum Gasteiger partial charge on any atom is 0.257 e. The summed E-state index contributed by atoms with van der Waals surface area (Å²) >= 11 is 0. The summed E-state index contributed by atoms with van der Waals surface area (Å²) < 4.78 is 13.9. The molecule has 1 N–H and O–H groups in total. The maximum absolute atomic E-state index is 13.9. The van der Waals surface area contributed by atoms with Gasteiger partial charge in [0.15, 0.2) is 5.82 Å². The largest absolute Gasteiger partial charge is 0.353 e. The van der Waals surface area contributed by atoms with E-state index in [-0.39, 0.29) is 11.5 Å². The van der Waals surface area contributed by atoms with Crippen LogP contribution in [-0.2, 0) is 0 Å². The molecule has 3 aromatic rings. The third-order valence-corrected chi connectivity index (χ3v) is 5.04. The monoisotopic (exact) mass is 406 g/mol. The fourth-order valence-corrected chi connectivity index (χ4v) is 3.42. The predicted molar refractivity (Wildman–Crippen MR) is 114 cm³/mol. The molecule has 0 atom stereocenters. The zero-order chi connectivity index (χ0) is 21.1. The summed E-state index contributed by atoms with van der Waals surface area (Å²) in [4.78, 5) is 29.1. The number of carbonyl (C=O) groups excluding carboxylic acids is 1. The topological polar surface area (TPSA) is 74.2 Å². The Morgan fingerprint density at radius 1 is 1.03 bits per heavy atom. The minimum absolute atomic E-state index is 0.0564. The molecule has 7 nitrogen and oxygen atoms in total. The summed E-state index contributed by atoms with van der Waals surface area (Å²) in [5, 5.41) is 3.32. The molecule has 0 saturated carbocycles. The molecule has 1 saturated heterocycles. The normalized spacial score (nSPS) is 14.0. The van der Waals surface area contributed by atoms with Crippen molar-refractivity contribution in [3.63, 3.8) is 0 Å². The molecule has 0 bridgehead atoms. The standard InChI is InChI=1S/C22H23FN6O/c1-15-3-5-17(6-4-15)27-20-13-21(26-16(2)25-20)28-9-11-29(12-10-28)22(30)18-7-8-24-14-19(18)23/h3-8,13-14H,9-12H2,1-2H3,(H,25,26,27).